The van der Waals surface area contributed by atoms with Crippen molar-refractivity contribution in [1.82, 2.24) is 5.32 Å². The third-order valence-corrected chi connectivity index (χ3v) is 3.44. The summed E-state index contributed by atoms with van der Waals surface area (Å²) in [5, 5.41) is 14.5. The van der Waals surface area contributed by atoms with E-state index in [1.54, 1.807) is 30.8 Å². The molecule has 1 rings (SSSR count). The van der Waals surface area contributed by atoms with Gasteiger partial charge in [-0.3, -0.25) is 0 Å². The lowest BCUT2D eigenvalue weighted by atomic mass is 10.1. The predicted octanol–water partition coefficient (Wildman–Crippen LogP) is 2.57. The highest BCUT2D eigenvalue weighted by Gasteiger charge is 2.12. The minimum absolute atomic E-state index is 0.0537. The molecular formula is C13H18N2O3S. The van der Waals surface area contributed by atoms with E-state index in [4.69, 9.17) is 5.11 Å². The Morgan fingerprint density at radius 2 is 2.11 bits per heavy atom. The van der Waals surface area contributed by atoms with Gasteiger partial charge in [-0.05, 0) is 37.8 Å². The number of hydrogen-bond donors (Lipinski definition) is 3. The van der Waals surface area contributed by atoms with Gasteiger partial charge in [0.1, 0.15) is 0 Å². The van der Waals surface area contributed by atoms with E-state index in [-0.39, 0.29) is 17.6 Å². The van der Waals surface area contributed by atoms with Crippen LogP contribution in [0.2, 0.25) is 0 Å². The van der Waals surface area contributed by atoms with Crippen LogP contribution in [-0.2, 0) is 0 Å². The van der Waals surface area contributed by atoms with Crippen molar-refractivity contribution >= 4 is 29.4 Å². The van der Waals surface area contributed by atoms with Crippen molar-refractivity contribution in [3.05, 3.63) is 29.3 Å². The maximum absolute atomic E-state index is 11.8. The quantitative estimate of drug-likeness (QED) is 0.775. The molecule has 0 radical (unpaired) electrons. The van der Waals surface area contributed by atoms with E-state index in [1.165, 1.54) is 6.07 Å². The van der Waals surface area contributed by atoms with Gasteiger partial charge in [-0.1, -0.05) is 6.07 Å². The smallest absolute Gasteiger partial charge is 0.336 e. The molecule has 1 aromatic rings. The largest absolute Gasteiger partial charge is 0.478 e. The van der Waals surface area contributed by atoms with Gasteiger partial charge < -0.3 is 15.7 Å². The summed E-state index contributed by atoms with van der Waals surface area (Å²) in [6, 6.07) is 4.53. The van der Waals surface area contributed by atoms with Crippen molar-refractivity contribution < 1.29 is 14.7 Å². The molecule has 1 unspecified atom stereocenters. The molecule has 0 bridgehead atoms. The van der Waals surface area contributed by atoms with Crippen molar-refractivity contribution in [2.75, 3.05) is 17.3 Å². The number of benzene rings is 1. The summed E-state index contributed by atoms with van der Waals surface area (Å²) in [5.74, 6) is -0.181. The van der Waals surface area contributed by atoms with Gasteiger partial charge in [-0.25, -0.2) is 9.59 Å². The second-order valence-corrected chi connectivity index (χ2v) is 5.15. The van der Waals surface area contributed by atoms with Gasteiger partial charge >= 0.3 is 12.0 Å². The zero-order valence-corrected chi connectivity index (χ0v) is 12.0. The molecule has 0 spiro atoms. The number of thioether (sulfide) groups is 1. The molecule has 6 heteroatoms. The van der Waals surface area contributed by atoms with Crippen molar-refractivity contribution in [2.45, 2.75) is 19.9 Å². The zero-order chi connectivity index (χ0) is 14.4. The summed E-state index contributed by atoms with van der Waals surface area (Å²) in [6.07, 6.45) is 1.97. The molecule has 0 heterocycles. The van der Waals surface area contributed by atoms with E-state index < -0.39 is 5.97 Å². The fourth-order valence-electron chi connectivity index (χ4n) is 1.68. The summed E-state index contributed by atoms with van der Waals surface area (Å²) in [4.78, 5) is 22.7. The zero-order valence-electron chi connectivity index (χ0n) is 11.2. The molecule has 0 fully saturated rings. The number of amides is 2. The molecule has 0 aliphatic rings. The molecule has 3 N–H and O–H groups in total. The van der Waals surface area contributed by atoms with E-state index in [9.17, 15) is 9.59 Å². The van der Waals surface area contributed by atoms with Crippen molar-refractivity contribution in [2.24, 2.45) is 0 Å². The predicted molar refractivity (Wildman–Crippen MR) is 78.1 cm³/mol. The number of urea groups is 1. The maximum Gasteiger partial charge on any atom is 0.336 e. The minimum atomic E-state index is -1.00. The maximum atomic E-state index is 11.8. The van der Waals surface area contributed by atoms with Crippen molar-refractivity contribution in [1.29, 1.82) is 0 Å². The molecule has 0 aromatic heterocycles. The Labute approximate surface area is 116 Å². The summed E-state index contributed by atoms with van der Waals surface area (Å²) >= 11 is 1.65. The standard InChI is InChI=1S/C13H18N2O3S/c1-8(7-19-3)14-13(18)15-11-6-4-5-10(9(11)2)12(16)17/h4-6,8H,7H2,1-3H3,(H,16,17)(H2,14,15,18). The molecule has 0 saturated heterocycles. The Balaban J connectivity index is 2.75. The second kappa shape index (κ2) is 7.04. The Bertz CT molecular complexity index is 477. The summed E-state index contributed by atoms with van der Waals surface area (Å²) in [5.41, 5.74) is 1.24. The van der Waals surface area contributed by atoms with Crippen LogP contribution < -0.4 is 10.6 Å². The Kier molecular flexibility index (Phi) is 5.69. The highest BCUT2D eigenvalue weighted by atomic mass is 32.2. The van der Waals surface area contributed by atoms with Gasteiger partial charge in [-0.2, -0.15) is 11.8 Å². The lowest BCUT2D eigenvalue weighted by molar-refractivity contribution is 0.0696. The Morgan fingerprint density at radius 1 is 1.42 bits per heavy atom. The van der Waals surface area contributed by atoms with E-state index in [0.29, 0.717) is 11.3 Å². The third kappa shape index (κ3) is 4.48. The molecular weight excluding hydrogens is 264 g/mol. The first-order valence-corrected chi connectivity index (χ1v) is 7.24. The SMILES string of the molecule is CSCC(C)NC(=O)Nc1cccc(C(=O)O)c1C. The number of carbonyl (C=O) groups excluding carboxylic acids is 1. The van der Waals surface area contributed by atoms with Crippen LogP contribution in [0.5, 0.6) is 0 Å². The lowest BCUT2D eigenvalue weighted by Gasteiger charge is -2.15. The van der Waals surface area contributed by atoms with E-state index in [2.05, 4.69) is 10.6 Å². The first-order chi connectivity index (χ1) is 8.95. The molecule has 19 heavy (non-hydrogen) atoms. The average molecular weight is 282 g/mol. The third-order valence-electron chi connectivity index (χ3n) is 2.61. The highest BCUT2D eigenvalue weighted by Crippen LogP contribution is 2.18. The molecule has 0 aliphatic carbocycles. The summed E-state index contributed by atoms with van der Waals surface area (Å²) in [6.45, 7) is 3.58. The van der Waals surface area contributed by atoms with E-state index in [1.807, 2.05) is 13.2 Å². The first-order valence-electron chi connectivity index (χ1n) is 5.85. The molecule has 0 saturated carbocycles. The van der Waals surface area contributed by atoms with Gasteiger partial charge in [0.25, 0.3) is 0 Å². The van der Waals surface area contributed by atoms with Gasteiger partial charge in [0, 0.05) is 17.5 Å². The van der Waals surface area contributed by atoms with Gasteiger partial charge in [-0.15, -0.1) is 0 Å². The molecule has 0 aliphatic heterocycles. The van der Waals surface area contributed by atoms with Crippen molar-refractivity contribution in [3.8, 4) is 0 Å². The second-order valence-electron chi connectivity index (χ2n) is 4.24. The van der Waals surface area contributed by atoms with E-state index >= 15 is 0 Å². The van der Waals surface area contributed by atoms with Crippen LogP contribution in [0.4, 0.5) is 10.5 Å². The normalized spacial score (nSPS) is 11.7. The number of hydrogen-bond acceptors (Lipinski definition) is 3. The summed E-state index contributed by atoms with van der Waals surface area (Å²) in [7, 11) is 0. The van der Waals surface area contributed by atoms with Crippen LogP contribution in [0.3, 0.4) is 0 Å². The molecule has 1 aromatic carbocycles. The van der Waals surface area contributed by atoms with Crippen LogP contribution in [0.15, 0.2) is 18.2 Å². The topological polar surface area (TPSA) is 78.4 Å². The first kappa shape index (κ1) is 15.4. The number of aromatic carboxylic acids is 1. The highest BCUT2D eigenvalue weighted by molar-refractivity contribution is 7.98. The number of carbonyl (C=O) groups is 2. The lowest BCUT2D eigenvalue weighted by Crippen LogP contribution is -2.37. The number of anilines is 1. The van der Waals surface area contributed by atoms with Gasteiger partial charge in [0.05, 0.1) is 5.56 Å². The number of rotatable bonds is 5. The van der Waals surface area contributed by atoms with Gasteiger partial charge in [0.15, 0.2) is 0 Å². The van der Waals surface area contributed by atoms with Crippen molar-refractivity contribution in [3.63, 3.8) is 0 Å². The Morgan fingerprint density at radius 3 is 2.68 bits per heavy atom. The number of carboxylic acids is 1. The van der Waals surface area contributed by atoms with Gasteiger partial charge in [0.2, 0.25) is 0 Å². The summed E-state index contributed by atoms with van der Waals surface area (Å²) < 4.78 is 0. The van der Waals surface area contributed by atoms with Crippen LogP contribution in [0.25, 0.3) is 0 Å². The minimum Gasteiger partial charge on any atom is -0.478 e. The van der Waals surface area contributed by atoms with Crippen LogP contribution in [-0.4, -0.2) is 35.2 Å². The van der Waals surface area contributed by atoms with Crippen LogP contribution in [0, 0.1) is 6.92 Å². The number of nitrogens with one attached hydrogen (secondary N) is 2. The monoisotopic (exact) mass is 282 g/mol. The van der Waals surface area contributed by atoms with Crippen LogP contribution in [0.1, 0.15) is 22.8 Å². The fourth-order valence-corrected chi connectivity index (χ4v) is 2.26. The molecule has 5 nitrogen and oxygen atoms in total. The van der Waals surface area contributed by atoms with Crippen LogP contribution >= 0.6 is 11.8 Å². The molecule has 2 amide bonds. The Hall–Kier alpha value is -1.69. The van der Waals surface area contributed by atoms with E-state index in [0.717, 1.165) is 5.75 Å². The molecule has 104 valence electrons. The molecule has 1 atom stereocenters. The number of carboxylic acid groups (broad SMARTS) is 1. The fraction of sp³-hybridized carbons (Fsp3) is 0.385. The average Bonchev–Trinajstić information content (AvgIpc) is 2.31.